The van der Waals surface area contributed by atoms with E-state index in [4.69, 9.17) is 10.00 Å². The molecule has 0 aliphatic carbocycles. The first-order chi connectivity index (χ1) is 6.27. The first kappa shape index (κ1) is 9.40. The van der Waals surface area contributed by atoms with Gasteiger partial charge in [0, 0.05) is 0 Å². The van der Waals surface area contributed by atoms with E-state index in [1.807, 2.05) is 37.4 Å². The SMILES string of the molecule is COc1ccc(C(C)NC#N)cc1. The molecule has 68 valence electrons. The molecule has 0 saturated carbocycles. The van der Waals surface area contributed by atoms with Crippen LogP contribution in [0.1, 0.15) is 18.5 Å². The normalized spacial score (nSPS) is 11.5. The van der Waals surface area contributed by atoms with Crippen LogP contribution in [0, 0.1) is 11.5 Å². The van der Waals surface area contributed by atoms with Crippen molar-refractivity contribution in [3.05, 3.63) is 29.8 Å². The van der Waals surface area contributed by atoms with Gasteiger partial charge in [0.15, 0.2) is 6.19 Å². The molecule has 1 unspecified atom stereocenters. The fourth-order valence-corrected chi connectivity index (χ4v) is 1.07. The van der Waals surface area contributed by atoms with Crippen molar-refractivity contribution in [2.45, 2.75) is 13.0 Å². The Morgan fingerprint density at radius 1 is 1.38 bits per heavy atom. The minimum absolute atomic E-state index is 0.0518. The summed E-state index contributed by atoms with van der Waals surface area (Å²) in [5.41, 5.74) is 1.07. The van der Waals surface area contributed by atoms with Crippen molar-refractivity contribution < 1.29 is 4.74 Å². The second-order valence-electron chi connectivity index (χ2n) is 2.75. The molecule has 0 amide bonds. The van der Waals surface area contributed by atoms with E-state index in [2.05, 4.69) is 5.32 Å². The number of nitriles is 1. The number of rotatable bonds is 3. The summed E-state index contributed by atoms with van der Waals surface area (Å²) in [4.78, 5) is 0. The van der Waals surface area contributed by atoms with Crippen molar-refractivity contribution >= 4 is 0 Å². The minimum atomic E-state index is 0.0518. The lowest BCUT2D eigenvalue weighted by molar-refractivity contribution is 0.414. The smallest absolute Gasteiger partial charge is 0.177 e. The van der Waals surface area contributed by atoms with E-state index in [0.717, 1.165) is 11.3 Å². The molecule has 0 radical (unpaired) electrons. The van der Waals surface area contributed by atoms with E-state index in [-0.39, 0.29) is 6.04 Å². The molecular weight excluding hydrogens is 164 g/mol. The molecule has 1 rings (SSSR count). The molecule has 0 spiro atoms. The van der Waals surface area contributed by atoms with Crippen molar-refractivity contribution in [3.63, 3.8) is 0 Å². The molecule has 0 fully saturated rings. The van der Waals surface area contributed by atoms with E-state index in [9.17, 15) is 0 Å². The van der Waals surface area contributed by atoms with Gasteiger partial charge in [-0.2, -0.15) is 5.26 Å². The fourth-order valence-electron chi connectivity index (χ4n) is 1.07. The van der Waals surface area contributed by atoms with Crippen LogP contribution in [-0.2, 0) is 0 Å². The summed E-state index contributed by atoms with van der Waals surface area (Å²) >= 11 is 0. The maximum Gasteiger partial charge on any atom is 0.177 e. The average Bonchev–Trinajstić information content (AvgIpc) is 2.18. The molecular formula is C10H12N2O. The first-order valence-corrected chi connectivity index (χ1v) is 4.06. The van der Waals surface area contributed by atoms with Gasteiger partial charge in [0.25, 0.3) is 0 Å². The number of nitrogens with one attached hydrogen (secondary N) is 1. The van der Waals surface area contributed by atoms with Gasteiger partial charge in [0.05, 0.1) is 13.2 Å². The van der Waals surface area contributed by atoms with Gasteiger partial charge >= 0.3 is 0 Å². The lowest BCUT2D eigenvalue weighted by atomic mass is 10.1. The van der Waals surface area contributed by atoms with Gasteiger partial charge in [-0.3, -0.25) is 0 Å². The number of methoxy groups -OCH3 is 1. The summed E-state index contributed by atoms with van der Waals surface area (Å²) in [6.07, 6.45) is 1.91. The number of ether oxygens (including phenoxy) is 1. The second kappa shape index (κ2) is 4.36. The van der Waals surface area contributed by atoms with Gasteiger partial charge < -0.3 is 10.1 Å². The number of benzene rings is 1. The van der Waals surface area contributed by atoms with E-state index in [0.29, 0.717) is 0 Å². The Morgan fingerprint density at radius 3 is 2.46 bits per heavy atom. The highest BCUT2D eigenvalue weighted by atomic mass is 16.5. The van der Waals surface area contributed by atoms with Crippen LogP contribution in [0.25, 0.3) is 0 Å². The highest BCUT2D eigenvalue weighted by Crippen LogP contribution is 2.16. The van der Waals surface area contributed by atoms with Crippen molar-refractivity contribution in [1.29, 1.82) is 5.26 Å². The molecule has 1 N–H and O–H groups in total. The standard InChI is InChI=1S/C10H12N2O/c1-8(12-7-11)9-3-5-10(13-2)6-4-9/h3-6,8,12H,1-2H3. The average molecular weight is 176 g/mol. The van der Waals surface area contributed by atoms with Crippen molar-refractivity contribution in [2.24, 2.45) is 0 Å². The Balaban J connectivity index is 2.74. The molecule has 0 aliphatic heterocycles. The molecule has 0 aromatic heterocycles. The van der Waals surface area contributed by atoms with Crippen LogP contribution in [0.3, 0.4) is 0 Å². The van der Waals surface area contributed by atoms with Crippen molar-refractivity contribution in [2.75, 3.05) is 7.11 Å². The molecule has 1 aromatic rings. The summed E-state index contributed by atoms with van der Waals surface area (Å²) in [5, 5.41) is 11.1. The van der Waals surface area contributed by atoms with Crippen LogP contribution in [0.2, 0.25) is 0 Å². The van der Waals surface area contributed by atoms with Crippen LogP contribution < -0.4 is 10.1 Å². The monoisotopic (exact) mass is 176 g/mol. The van der Waals surface area contributed by atoms with Crippen LogP contribution in [0.15, 0.2) is 24.3 Å². The third-order valence-electron chi connectivity index (χ3n) is 1.90. The first-order valence-electron chi connectivity index (χ1n) is 4.06. The molecule has 0 heterocycles. The Hall–Kier alpha value is -1.69. The lowest BCUT2D eigenvalue weighted by Crippen LogP contribution is -2.11. The van der Waals surface area contributed by atoms with Crippen molar-refractivity contribution in [3.8, 4) is 11.9 Å². The lowest BCUT2D eigenvalue weighted by Gasteiger charge is -2.09. The minimum Gasteiger partial charge on any atom is -0.497 e. The summed E-state index contributed by atoms with van der Waals surface area (Å²) in [6.45, 7) is 1.94. The predicted molar refractivity (Wildman–Crippen MR) is 50.2 cm³/mol. The Morgan fingerprint density at radius 2 is 2.00 bits per heavy atom. The maximum atomic E-state index is 8.41. The van der Waals surface area contributed by atoms with Gasteiger partial charge in [-0.05, 0) is 24.6 Å². The predicted octanol–water partition coefficient (Wildman–Crippen LogP) is 1.83. The quantitative estimate of drug-likeness (QED) is 0.564. The highest BCUT2D eigenvalue weighted by Gasteiger charge is 2.02. The molecule has 1 atom stereocenters. The Labute approximate surface area is 77.9 Å². The summed E-state index contributed by atoms with van der Waals surface area (Å²) in [7, 11) is 1.63. The topological polar surface area (TPSA) is 45.0 Å². The van der Waals surface area contributed by atoms with Crippen LogP contribution >= 0.6 is 0 Å². The van der Waals surface area contributed by atoms with Gasteiger partial charge in [0.1, 0.15) is 5.75 Å². The fraction of sp³-hybridized carbons (Fsp3) is 0.300. The van der Waals surface area contributed by atoms with Gasteiger partial charge in [-0.25, -0.2) is 0 Å². The number of hydrogen-bond donors (Lipinski definition) is 1. The highest BCUT2D eigenvalue weighted by molar-refractivity contribution is 5.28. The van der Waals surface area contributed by atoms with Crippen LogP contribution in [0.5, 0.6) is 5.75 Å². The molecule has 3 nitrogen and oxygen atoms in total. The number of nitrogens with zero attached hydrogens (tertiary/aromatic N) is 1. The van der Waals surface area contributed by atoms with Crippen LogP contribution in [-0.4, -0.2) is 7.11 Å². The molecule has 3 heteroatoms. The molecule has 13 heavy (non-hydrogen) atoms. The van der Waals surface area contributed by atoms with E-state index >= 15 is 0 Å². The summed E-state index contributed by atoms with van der Waals surface area (Å²) in [5.74, 6) is 0.827. The molecule has 0 bridgehead atoms. The number of hydrogen-bond acceptors (Lipinski definition) is 3. The van der Waals surface area contributed by atoms with Gasteiger partial charge in [-0.1, -0.05) is 12.1 Å². The third-order valence-corrected chi connectivity index (χ3v) is 1.90. The van der Waals surface area contributed by atoms with Crippen LogP contribution in [0.4, 0.5) is 0 Å². The summed E-state index contributed by atoms with van der Waals surface area (Å²) < 4.78 is 5.02. The zero-order valence-electron chi connectivity index (χ0n) is 7.74. The second-order valence-corrected chi connectivity index (χ2v) is 2.75. The van der Waals surface area contributed by atoms with Gasteiger partial charge in [0.2, 0.25) is 0 Å². The third kappa shape index (κ3) is 2.38. The molecule has 1 aromatic carbocycles. The zero-order valence-corrected chi connectivity index (χ0v) is 7.74. The van der Waals surface area contributed by atoms with E-state index in [1.54, 1.807) is 7.11 Å². The largest absolute Gasteiger partial charge is 0.497 e. The Bertz CT molecular complexity index is 300. The molecule has 0 saturated heterocycles. The molecule has 0 aliphatic rings. The van der Waals surface area contributed by atoms with Gasteiger partial charge in [-0.15, -0.1) is 0 Å². The Kier molecular flexibility index (Phi) is 3.15. The van der Waals surface area contributed by atoms with E-state index in [1.165, 1.54) is 0 Å². The summed E-state index contributed by atoms with van der Waals surface area (Å²) in [6, 6.07) is 7.69. The van der Waals surface area contributed by atoms with E-state index < -0.39 is 0 Å². The zero-order chi connectivity index (χ0) is 9.68. The van der Waals surface area contributed by atoms with Crippen molar-refractivity contribution in [1.82, 2.24) is 5.32 Å². The maximum absolute atomic E-state index is 8.41.